The number of hydrogen-bond donors (Lipinski definition) is 3. The van der Waals surface area contributed by atoms with E-state index in [0.717, 1.165) is 5.56 Å². The lowest BCUT2D eigenvalue weighted by atomic mass is 10.1. The fourth-order valence-electron chi connectivity index (χ4n) is 1.94. The molecule has 7 heteroatoms. The molecule has 1 aromatic heterocycles. The van der Waals surface area contributed by atoms with Crippen molar-refractivity contribution in [3.05, 3.63) is 40.4 Å². The minimum atomic E-state index is -0.369. The number of nitrogen functional groups attached to an aromatic ring is 1. The van der Waals surface area contributed by atoms with Gasteiger partial charge >= 0.3 is 0 Å². The Morgan fingerprint density at radius 2 is 2.00 bits per heavy atom. The van der Waals surface area contributed by atoms with Gasteiger partial charge in [0.05, 0.1) is 26.6 Å². The van der Waals surface area contributed by atoms with Crippen molar-refractivity contribution in [3.63, 3.8) is 0 Å². The van der Waals surface area contributed by atoms with Gasteiger partial charge in [0.15, 0.2) is 17.3 Å². The zero-order valence-electron chi connectivity index (χ0n) is 12.1. The number of aromatic nitrogens is 2. The van der Waals surface area contributed by atoms with E-state index < -0.39 is 0 Å². The summed E-state index contributed by atoms with van der Waals surface area (Å²) in [7, 11) is 3.16. The quantitative estimate of drug-likeness (QED) is 0.772. The molecule has 1 aromatic carbocycles. The Hall–Kier alpha value is -2.70. The van der Waals surface area contributed by atoms with E-state index in [2.05, 4.69) is 15.3 Å². The molecule has 0 bridgehead atoms. The molecule has 0 aliphatic rings. The highest BCUT2D eigenvalue weighted by Gasteiger charge is 2.12. The molecule has 21 heavy (non-hydrogen) atoms. The Morgan fingerprint density at radius 1 is 1.29 bits per heavy atom. The maximum Gasteiger partial charge on any atom is 0.276 e. The molecule has 2 aromatic rings. The SMILES string of the molecule is COc1ccc(C(C)Nc2nc[nH]c(=O)c2N)cc1OC. The molecule has 0 aliphatic carbocycles. The molecule has 0 spiro atoms. The predicted molar refractivity (Wildman–Crippen MR) is 80.9 cm³/mol. The molecule has 4 N–H and O–H groups in total. The maximum absolute atomic E-state index is 11.4. The van der Waals surface area contributed by atoms with Crippen LogP contribution >= 0.6 is 0 Å². The number of ether oxygens (including phenoxy) is 2. The Kier molecular flexibility index (Phi) is 4.32. The van der Waals surface area contributed by atoms with Gasteiger partial charge in [-0.05, 0) is 24.6 Å². The van der Waals surface area contributed by atoms with Crippen molar-refractivity contribution in [2.45, 2.75) is 13.0 Å². The zero-order chi connectivity index (χ0) is 15.4. The van der Waals surface area contributed by atoms with E-state index in [4.69, 9.17) is 15.2 Å². The summed E-state index contributed by atoms with van der Waals surface area (Å²) in [5.41, 5.74) is 6.34. The number of nitrogens with two attached hydrogens (primary N) is 1. The molecular weight excluding hydrogens is 272 g/mol. The second-order valence-corrected chi connectivity index (χ2v) is 4.47. The van der Waals surface area contributed by atoms with Crippen LogP contribution in [0.1, 0.15) is 18.5 Å². The molecule has 1 atom stereocenters. The van der Waals surface area contributed by atoms with Crippen molar-refractivity contribution >= 4 is 11.5 Å². The highest BCUT2D eigenvalue weighted by Crippen LogP contribution is 2.31. The number of methoxy groups -OCH3 is 2. The van der Waals surface area contributed by atoms with E-state index in [-0.39, 0.29) is 17.3 Å². The first-order valence-electron chi connectivity index (χ1n) is 6.38. The molecule has 0 amide bonds. The number of benzene rings is 1. The number of anilines is 2. The Morgan fingerprint density at radius 3 is 2.67 bits per heavy atom. The summed E-state index contributed by atoms with van der Waals surface area (Å²) in [5.74, 6) is 1.64. The maximum atomic E-state index is 11.4. The molecule has 0 radical (unpaired) electrons. The topological polar surface area (TPSA) is 102 Å². The van der Waals surface area contributed by atoms with Crippen LogP contribution in [0.25, 0.3) is 0 Å². The molecule has 0 fully saturated rings. The first-order chi connectivity index (χ1) is 10.1. The summed E-state index contributed by atoms with van der Waals surface area (Å²) >= 11 is 0. The van der Waals surface area contributed by atoms with E-state index in [1.165, 1.54) is 6.33 Å². The van der Waals surface area contributed by atoms with E-state index in [0.29, 0.717) is 17.3 Å². The lowest BCUT2D eigenvalue weighted by Gasteiger charge is -2.17. The Labute approximate surface area is 122 Å². The van der Waals surface area contributed by atoms with Crippen molar-refractivity contribution in [2.24, 2.45) is 0 Å². The highest BCUT2D eigenvalue weighted by atomic mass is 16.5. The van der Waals surface area contributed by atoms with Crippen molar-refractivity contribution < 1.29 is 9.47 Å². The van der Waals surface area contributed by atoms with Gasteiger partial charge in [-0.25, -0.2) is 4.98 Å². The van der Waals surface area contributed by atoms with E-state index in [9.17, 15) is 4.79 Å². The van der Waals surface area contributed by atoms with Gasteiger partial charge in [-0.2, -0.15) is 0 Å². The van der Waals surface area contributed by atoms with Gasteiger partial charge in [0.2, 0.25) is 0 Å². The van der Waals surface area contributed by atoms with Gasteiger partial charge in [-0.3, -0.25) is 4.79 Å². The summed E-state index contributed by atoms with van der Waals surface area (Å²) in [6.45, 7) is 1.93. The summed E-state index contributed by atoms with van der Waals surface area (Å²) in [6.07, 6.45) is 1.31. The molecule has 112 valence electrons. The fourth-order valence-corrected chi connectivity index (χ4v) is 1.94. The third-order valence-electron chi connectivity index (χ3n) is 3.15. The molecule has 0 aliphatic heterocycles. The lowest BCUT2D eigenvalue weighted by molar-refractivity contribution is 0.354. The normalized spacial score (nSPS) is 11.8. The number of rotatable bonds is 5. The second kappa shape index (κ2) is 6.17. The standard InChI is InChI=1S/C14H18N4O3/c1-8(18-13-12(15)14(19)17-7-16-13)9-4-5-10(20-2)11(6-9)21-3/h4-8H,15H2,1-3H3,(H2,16,17,18,19). The average Bonchev–Trinajstić information content (AvgIpc) is 2.51. The van der Waals surface area contributed by atoms with E-state index in [1.54, 1.807) is 14.2 Å². The van der Waals surface area contributed by atoms with Crippen molar-refractivity contribution in [1.29, 1.82) is 0 Å². The molecule has 7 nitrogen and oxygen atoms in total. The van der Waals surface area contributed by atoms with Crippen LogP contribution in [0.3, 0.4) is 0 Å². The number of H-pyrrole nitrogens is 1. The summed E-state index contributed by atoms with van der Waals surface area (Å²) in [5, 5.41) is 3.10. The van der Waals surface area contributed by atoms with Crippen LogP contribution in [-0.4, -0.2) is 24.2 Å². The zero-order valence-corrected chi connectivity index (χ0v) is 12.1. The van der Waals surface area contributed by atoms with Crippen molar-refractivity contribution in [2.75, 3.05) is 25.3 Å². The highest BCUT2D eigenvalue weighted by molar-refractivity contribution is 5.60. The minimum Gasteiger partial charge on any atom is -0.493 e. The van der Waals surface area contributed by atoms with Crippen LogP contribution in [0.15, 0.2) is 29.3 Å². The molecular formula is C14H18N4O3. The first kappa shape index (κ1) is 14.7. The largest absolute Gasteiger partial charge is 0.493 e. The monoisotopic (exact) mass is 290 g/mol. The third-order valence-corrected chi connectivity index (χ3v) is 3.15. The molecule has 0 saturated carbocycles. The van der Waals surface area contributed by atoms with E-state index >= 15 is 0 Å². The average molecular weight is 290 g/mol. The van der Waals surface area contributed by atoms with Crippen LogP contribution in [0, 0.1) is 0 Å². The van der Waals surface area contributed by atoms with Gasteiger partial charge in [-0.15, -0.1) is 0 Å². The third kappa shape index (κ3) is 3.07. The van der Waals surface area contributed by atoms with Gasteiger partial charge in [0, 0.05) is 0 Å². The van der Waals surface area contributed by atoms with Gasteiger partial charge < -0.3 is 25.5 Å². The number of nitrogens with zero attached hydrogens (tertiary/aromatic N) is 1. The van der Waals surface area contributed by atoms with Crippen LogP contribution in [0.5, 0.6) is 11.5 Å². The van der Waals surface area contributed by atoms with Crippen LogP contribution < -0.4 is 26.1 Å². The summed E-state index contributed by atoms with van der Waals surface area (Å²) in [4.78, 5) is 17.9. The van der Waals surface area contributed by atoms with Crippen LogP contribution in [-0.2, 0) is 0 Å². The first-order valence-corrected chi connectivity index (χ1v) is 6.38. The summed E-state index contributed by atoms with van der Waals surface area (Å²) in [6, 6.07) is 5.48. The molecule has 1 heterocycles. The number of nitrogens with one attached hydrogen (secondary N) is 2. The van der Waals surface area contributed by atoms with Crippen LogP contribution in [0.4, 0.5) is 11.5 Å². The number of aromatic amines is 1. The number of hydrogen-bond acceptors (Lipinski definition) is 6. The summed E-state index contributed by atoms with van der Waals surface area (Å²) < 4.78 is 10.5. The van der Waals surface area contributed by atoms with Gasteiger partial charge in [0.25, 0.3) is 5.56 Å². The van der Waals surface area contributed by atoms with E-state index in [1.807, 2.05) is 25.1 Å². The van der Waals surface area contributed by atoms with Gasteiger partial charge in [-0.1, -0.05) is 6.07 Å². The van der Waals surface area contributed by atoms with Crippen molar-refractivity contribution in [1.82, 2.24) is 9.97 Å². The minimum absolute atomic E-state index is 0.0600. The van der Waals surface area contributed by atoms with Gasteiger partial charge in [0.1, 0.15) is 5.69 Å². The van der Waals surface area contributed by atoms with Crippen LogP contribution in [0.2, 0.25) is 0 Å². The predicted octanol–water partition coefficient (Wildman–Crippen LogP) is 1.54. The molecule has 0 saturated heterocycles. The molecule has 2 rings (SSSR count). The second-order valence-electron chi connectivity index (χ2n) is 4.47. The Bertz CT molecular complexity index is 684. The Balaban J connectivity index is 2.26. The lowest BCUT2D eigenvalue weighted by Crippen LogP contribution is -2.17. The fraction of sp³-hybridized carbons (Fsp3) is 0.286. The smallest absolute Gasteiger partial charge is 0.276 e. The van der Waals surface area contributed by atoms with Crippen molar-refractivity contribution in [3.8, 4) is 11.5 Å². The molecule has 1 unspecified atom stereocenters.